The molecule has 0 aliphatic heterocycles. The van der Waals surface area contributed by atoms with Crippen molar-refractivity contribution in [2.75, 3.05) is 5.32 Å². The number of rotatable bonds is 6. The number of carbonyl (C=O) groups is 1. The van der Waals surface area contributed by atoms with Gasteiger partial charge in [0.2, 0.25) is 0 Å². The van der Waals surface area contributed by atoms with Gasteiger partial charge in [0.15, 0.2) is 15.7 Å². The highest BCUT2D eigenvalue weighted by molar-refractivity contribution is 7.71. The molecule has 7 nitrogen and oxygen atoms in total. The first-order chi connectivity index (χ1) is 14.1. The van der Waals surface area contributed by atoms with Crippen LogP contribution in [0.2, 0.25) is 0 Å². The van der Waals surface area contributed by atoms with Crippen LogP contribution in [0.15, 0.2) is 61.4 Å². The highest BCUT2D eigenvalue weighted by Gasteiger charge is 2.17. The number of aromatic nitrogens is 5. The van der Waals surface area contributed by atoms with Crippen molar-refractivity contribution < 1.29 is 4.79 Å². The summed E-state index contributed by atoms with van der Waals surface area (Å²) in [6.07, 6.45) is 5.67. The van der Waals surface area contributed by atoms with Crippen molar-refractivity contribution in [1.29, 1.82) is 0 Å². The number of nitrogens with zero attached hydrogens (tertiary/aromatic N) is 4. The normalized spacial score (nSPS) is 10.8. The standard InChI is InChI=1S/C20H18N6OS2/c1-3-10-26-17(23-24-20(26)28)16-13(2)21-19(29-16)22-18(27)14-6-8-15(9-7-14)25-11-4-5-12-25/h3-9,11-12H,1,10H2,2H3,(H,24,28)(H,21,22,27). The van der Waals surface area contributed by atoms with Crippen molar-refractivity contribution in [1.82, 2.24) is 24.3 Å². The number of hydrogen-bond acceptors (Lipinski definition) is 5. The summed E-state index contributed by atoms with van der Waals surface area (Å²) in [5.74, 6) is 0.468. The Morgan fingerprint density at radius 1 is 1.31 bits per heavy atom. The minimum atomic E-state index is -0.214. The maximum absolute atomic E-state index is 12.6. The molecule has 4 rings (SSSR count). The second kappa shape index (κ2) is 7.98. The van der Waals surface area contributed by atoms with Crippen molar-refractivity contribution in [2.45, 2.75) is 13.5 Å². The van der Waals surface area contributed by atoms with Gasteiger partial charge < -0.3 is 4.57 Å². The number of aromatic amines is 1. The first kappa shape index (κ1) is 19.0. The third-order valence-electron chi connectivity index (χ3n) is 4.32. The number of thiazole rings is 1. The fourth-order valence-corrected chi connectivity index (χ4v) is 4.07. The second-order valence-corrected chi connectivity index (χ2v) is 7.66. The minimum Gasteiger partial charge on any atom is -0.324 e. The number of H-pyrrole nitrogens is 1. The SMILES string of the molecule is C=CCn1c(-c2sc(NC(=O)c3ccc(-n4cccc4)cc3)nc2C)n[nH]c1=S. The number of allylic oxidation sites excluding steroid dienone is 1. The summed E-state index contributed by atoms with van der Waals surface area (Å²) < 4.78 is 4.34. The summed E-state index contributed by atoms with van der Waals surface area (Å²) in [6, 6.07) is 11.3. The molecule has 1 amide bonds. The molecule has 2 N–H and O–H groups in total. The predicted molar refractivity (Wildman–Crippen MR) is 117 cm³/mol. The molecule has 9 heteroatoms. The molecule has 0 aliphatic carbocycles. The van der Waals surface area contributed by atoms with E-state index in [4.69, 9.17) is 12.2 Å². The molecule has 3 aromatic heterocycles. The number of anilines is 1. The monoisotopic (exact) mass is 422 g/mol. The molecule has 0 atom stereocenters. The van der Waals surface area contributed by atoms with Crippen LogP contribution in [0, 0.1) is 11.7 Å². The molecule has 3 heterocycles. The lowest BCUT2D eigenvalue weighted by Gasteiger charge is -2.05. The van der Waals surface area contributed by atoms with Gasteiger partial charge in [-0.05, 0) is 55.5 Å². The Hall–Kier alpha value is -3.30. The highest BCUT2D eigenvalue weighted by atomic mass is 32.1. The van der Waals surface area contributed by atoms with Crippen LogP contribution in [-0.2, 0) is 6.54 Å². The van der Waals surface area contributed by atoms with Crippen LogP contribution in [0.3, 0.4) is 0 Å². The third kappa shape index (κ3) is 3.82. The molecule has 0 saturated heterocycles. The maximum atomic E-state index is 12.6. The van der Waals surface area contributed by atoms with Crippen LogP contribution in [0.4, 0.5) is 5.13 Å². The molecule has 4 aromatic rings. The molecular weight excluding hydrogens is 404 g/mol. The molecular formula is C20H18N6OS2. The molecule has 0 aliphatic rings. The highest BCUT2D eigenvalue weighted by Crippen LogP contribution is 2.32. The van der Waals surface area contributed by atoms with E-state index in [9.17, 15) is 4.79 Å². The van der Waals surface area contributed by atoms with Gasteiger partial charge in [0.05, 0.1) is 10.6 Å². The van der Waals surface area contributed by atoms with Crippen molar-refractivity contribution in [3.05, 3.63) is 77.5 Å². The van der Waals surface area contributed by atoms with Gasteiger partial charge >= 0.3 is 0 Å². The van der Waals surface area contributed by atoms with Gasteiger partial charge in [-0.25, -0.2) is 4.98 Å². The van der Waals surface area contributed by atoms with Crippen LogP contribution in [-0.4, -0.2) is 30.2 Å². The van der Waals surface area contributed by atoms with E-state index >= 15 is 0 Å². The number of carbonyl (C=O) groups excluding carboxylic acids is 1. The average Bonchev–Trinajstić information content (AvgIpc) is 3.44. The van der Waals surface area contributed by atoms with E-state index in [0.29, 0.717) is 27.8 Å². The molecule has 0 saturated carbocycles. The summed E-state index contributed by atoms with van der Waals surface area (Å²) in [7, 11) is 0. The van der Waals surface area contributed by atoms with E-state index in [1.165, 1.54) is 11.3 Å². The third-order valence-corrected chi connectivity index (χ3v) is 5.70. The molecule has 0 unspecified atom stereocenters. The summed E-state index contributed by atoms with van der Waals surface area (Å²) >= 11 is 6.63. The van der Waals surface area contributed by atoms with Gasteiger partial charge in [-0.15, -0.1) is 6.58 Å². The lowest BCUT2D eigenvalue weighted by molar-refractivity contribution is 0.102. The predicted octanol–water partition coefficient (Wildman–Crippen LogP) is 4.60. The average molecular weight is 423 g/mol. The largest absolute Gasteiger partial charge is 0.324 e. The van der Waals surface area contributed by atoms with E-state index in [0.717, 1.165) is 16.3 Å². The van der Waals surface area contributed by atoms with Crippen LogP contribution < -0.4 is 5.32 Å². The van der Waals surface area contributed by atoms with Gasteiger partial charge in [-0.2, -0.15) is 5.10 Å². The smallest absolute Gasteiger partial charge is 0.257 e. The van der Waals surface area contributed by atoms with Crippen LogP contribution in [0.5, 0.6) is 0 Å². The summed E-state index contributed by atoms with van der Waals surface area (Å²) in [5.41, 5.74) is 2.32. The van der Waals surface area contributed by atoms with E-state index in [1.807, 2.05) is 52.7 Å². The van der Waals surface area contributed by atoms with E-state index in [-0.39, 0.29) is 5.91 Å². The molecule has 0 spiro atoms. The van der Waals surface area contributed by atoms with E-state index < -0.39 is 0 Å². The van der Waals surface area contributed by atoms with Gasteiger partial charge in [0.25, 0.3) is 5.91 Å². The Kier molecular flexibility index (Phi) is 5.24. The van der Waals surface area contributed by atoms with Gasteiger partial charge in [0, 0.05) is 30.2 Å². The maximum Gasteiger partial charge on any atom is 0.257 e. The number of hydrogen-bond donors (Lipinski definition) is 2. The van der Waals surface area contributed by atoms with Gasteiger partial charge in [-0.1, -0.05) is 17.4 Å². The Morgan fingerprint density at radius 2 is 2.03 bits per heavy atom. The summed E-state index contributed by atoms with van der Waals surface area (Å²) in [4.78, 5) is 18.0. The molecule has 0 fully saturated rings. The second-order valence-electron chi connectivity index (χ2n) is 6.28. The van der Waals surface area contributed by atoms with Crippen LogP contribution in [0.25, 0.3) is 16.4 Å². The number of benzene rings is 1. The zero-order valence-electron chi connectivity index (χ0n) is 15.6. The Morgan fingerprint density at radius 3 is 2.72 bits per heavy atom. The van der Waals surface area contributed by atoms with E-state index in [2.05, 4.69) is 27.1 Å². The fourth-order valence-electron chi connectivity index (χ4n) is 2.91. The van der Waals surface area contributed by atoms with Gasteiger partial charge in [0.1, 0.15) is 0 Å². The zero-order valence-corrected chi connectivity index (χ0v) is 17.3. The van der Waals surface area contributed by atoms with Gasteiger partial charge in [-0.3, -0.25) is 19.8 Å². The molecule has 0 radical (unpaired) electrons. The molecule has 0 bridgehead atoms. The Labute approximate surface area is 176 Å². The first-order valence-electron chi connectivity index (χ1n) is 8.85. The number of nitrogens with one attached hydrogen (secondary N) is 2. The molecule has 1 aromatic carbocycles. The quantitative estimate of drug-likeness (QED) is 0.351. The van der Waals surface area contributed by atoms with Crippen LogP contribution >= 0.6 is 23.6 Å². The molecule has 29 heavy (non-hydrogen) atoms. The Bertz CT molecular complexity index is 1210. The van der Waals surface area contributed by atoms with Crippen molar-refractivity contribution >= 4 is 34.6 Å². The minimum absolute atomic E-state index is 0.214. The van der Waals surface area contributed by atoms with E-state index in [1.54, 1.807) is 18.2 Å². The lowest BCUT2D eigenvalue weighted by atomic mass is 10.2. The fraction of sp³-hybridized carbons (Fsp3) is 0.100. The first-order valence-corrected chi connectivity index (χ1v) is 10.1. The number of aryl methyl sites for hydroxylation is 1. The van der Waals surface area contributed by atoms with Crippen molar-refractivity contribution in [3.63, 3.8) is 0 Å². The van der Waals surface area contributed by atoms with Crippen molar-refractivity contribution in [2.24, 2.45) is 0 Å². The zero-order chi connectivity index (χ0) is 20.4. The Balaban J connectivity index is 1.55. The van der Waals surface area contributed by atoms with Crippen LogP contribution in [0.1, 0.15) is 16.1 Å². The molecule has 146 valence electrons. The summed E-state index contributed by atoms with van der Waals surface area (Å²) in [6.45, 7) is 6.17. The van der Waals surface area contributed by atoms with Crippen molar-refractivity contribution in [3.8, 4) is 16.4 Å². The topological polar surface area (TPSA) is 80.5 Å². The summed E-state index contributed by atoms with van der Waals surface area (Å²) in [5, 5.41) is 10.5. The lowest BCUT2D eigenvalue weighted by Crippen LogP contribution is -2.11. The number of amides is 1.